The summed E-state index contributed by atoms with van der Waals surface area (Å²) in [4.78, 5) is 20.0. The third kappa shape index (κ3) is 4.86. The first kappa shape index (κ1) is 22.7. The number of fused-ring (bicyclic) bond motifs is 1. The van der Waals surface area contributed by atoms with E-state index in [-0.39, 0.29) is 29.0 Å². The monoisotopic (exact) mass is 464 g/mol. The summed E-state index contributed by atoms with van der Waals surface area (Å²) in [5.74, 6) is -5.11. The molecule has 0 bridgehead atoms. The normalized spacial score (nSPS) is 11.8. The lowest BCUT2D eigenvalue weighted by Gasteiger charge is -2.13. The first-order chi connectivity index (χ1) is 14.4. The van der Waals surface area contributed by atoms with Crippen molar-refractivity contribution in [2.45, 2.75) is 18.8 Å². The minimum absolute atomic E-state index is 0. The number of nitrogens with zero attached hydrogens (tertiary/aromatic N) is 2. The van der Waals surface area contributed by atoms with Crippen LogP contribution < -0.4 is 0 Å². The van der Waals surface area contributed by atoms with Crippen molar-refractivity contribution in [3.63, 3.8) is 0 Å². The average molecular weight is 465 g/mol. The number of carboxylic acid groups (broad SMARTS) is 1. The number of aliphatic carboxylic acids is 1. The molecule has 0 saturated carbocycles. The van der Waals surface area contributed by atoms with Crippen LogP contribution in [0, 0.1) is 17.5 Å². The van der Waals surface area contributed by atoms with Crippen LogP contribution in [-0.2, 0) is 17.6 Å². The molecule has 2 aromatic heterocycles. The molecule has 1 atom stereocenters. The molecule has 31 heavy (non-hydrogen) atoms. The van der Waals surface area contributed by atoms with Crippen LogP contribution in [0.3, 0.4) is 0 Å². The van der Waals surface area contributed by atoms with E-state index in [0.29, 0.717) is 28.6 Å². The standard InChI is InChI=1S/C22H15F3N2O2S.ClH/c23-16-9-17(24)21-20(19(16)25)27-18(30-21)8-13-6-14(11-26-10-13)15(22(28)29)7-12-4-2-1-3-5-12;/h1-6,9-11,15H,7-8H2,(H,28,29);1H. The first-order valence-corrected chi connectivity index (χ1v) is 9.87. The van der Waals surface area contributed by atoms with Crippen LogP contribution in [0.25, 0.3) is 10.2 Å². The summed E-state index contributed by atoms with van der Waals surface area (Å²) in [6.07, 6.45) is 3.54. The van der Waals surface area contributed by atoms with E-state index in [1.165, 1.54) is 6.20 Å². The maximum Gasteiger partial charge on any atom is 0.311 e. The number of rotatable bonds is 6. The summed E-state index contributed by atoms with van der Waals surface area (Å²) in [6.45, 7) is 0. The molecule has 0 saturated heterocycles. The van der Waals surface area contributed by atoms with Crippen LogP contribution >= 0.6 is 23.7 Å². The van der Waals surface area contributed by atoms with Crippen LogP contribution in [0.1, 0.15) is 27.6 Å². The summed E-state index contributed by atoms with van der Waals surface area (Å²) < 4.78 is 41.2. The molecule has 4 nitrogen and oxygen atoms in total. The number of aromatic nitrogens is 2. The highest BCUT2D eigenvalue weighted by Crippen LogP contribution is 2.30. The number of hydrogen-bond donors (Lipinski definition) is 1. The summed E-state index contributed by atoms with van der Waals surface area (Å²) in [6, 6.07) is 11.5. The SMILES string of the molecule is Cl.O=C(O)C(Cc1ccccc1)c1cncc(Cc2nc3c(F)c(F)cc(F)c3s2)c1. The van der Waals surface area contributed by atoms with E-state index in [4.69, 9.17) is 0 Å². The van der Waals surface area contributed by atoms with E-state index in [1.807, 2.05) is 30.3 Å². The summed E-state index contributed by atoms with van der Waals surface area (Å²) in [5.41, 5.74) is 1.71. The minimum Gasteiger partial charge on any atom is -0.481 e. The smallest absolute Gasteiger partial charge is 0.311 e. The Morgan fingerprint density at radius 2 is 1.77 bits per heavy atom. The highest BCUT2D eigenvalue weighted by atomic mass is 35.5. The first-order valence-electron chi connectivity index (χ1n) is 9.06. The Morgan fingerprint density at radius 1 is 1.03 bits per heavy atom. The van der Waals surface area contributed by atoms with Gasteiger partial charge in [0.15, 0.2) is 11.6 Å². The van der Waals surface area contributed by atoms with Gasteiger partial charge < -0.3 is 5.11 Å². The molecule has 0 aliphatic heterocycles. The second-order valence-electron chi connectivity index (χ2n) is 6.82. The van der Waals surface area contributed by atoms with Gasteiger partial charge in [0.05, 0.1) is 15.6 Å². The van der Waals surface area contributed by atoms with Crippen LogP contribution in [0.2, 0.25) is 0 Å². The number of carbonyl (C=O) groups is 1. The van der Waals surface area contributed by atoms with E-state index in [2.05, 4.69) is 9.97 Å². The second-order valence-corrected chi connectivity index (χ2v) is 7.91. The van der Waals surface area contributed by atoms with Gasteiger partial charge >= 0.3 is 5.97 Å². The molecule has 0 amide bonds. The third-order valence-corrected chi connectivity index (χ3v) is 5.78. The molecule has 0 aliphatic carbocycles. The number of benzene rings is 2. The fraction of sp³-hybridized carbons (Fsp3) is 0.136. The number of hydrogen-bond acceptors (Lipinski definition) is 4. The Kier molecular flexibility index (Phi) is 6.92. The average Bonchev–Trinajstić information content (AvgIpc) is 3.15. The summed E-state index contributed by atoms with van der Waals surface area (Å²) in [7, 11) is 0. The molecule has 0 spiro atoms. The molecule has 0 fully saturated rings. The predicted molar refractivity (Wildman–Crippen MR) is 114 cm³/mol. The van der Waals surface area contributed by atoms with Gasteiger partial charge in [0.1, 0.15) is 11.3 Å². The molecule has 1 N–H and O–H groups in total. The lowest BCUT2D eigenvalue weighted by molar-refractivity contribution is -0.138. The number of thiazole rings is 1. The highest BCUT2D eigenvalue weighted by Gasteiger charge is 2.22. The predicted octanol–water partition coefficient (Wildman–Crippen LogP) is 5.53. The van der Waals surface area contributed by atoms with Crippen molar-refractivity contribution in [1.29, 1.82) is 0 Å². The number of carboxylic acids is 1. The molecule has 1 unspecified atom stereocenters. The summed E-state index contributed by atoms with van der Waals surface area (Å²) in [5, 5.41) is 10.1. The zero-order chi connectivity index (χ0) is 21.3. The van der Waals surface area contributed by atoms with Crippen molar-refractivity contribution in [3.8, 4) is 0 Å². The van der Waals surface area contributed by atoms with Gasteiger partial charge in [-0.2, -0.15) is 0 Å². The molecule has 160 valence electrons. The van der Waals surface area contributed by atoms with Gasteiger partial charge in [-0.25, -0.2) is 18.2 Å². The summed E-state index contributed by atoms with van der Waals surface area (Å²) >= 11 is 0.928. The van der Waals surface area contributed by atoms with Crippen LogP contribution in [0.5, 0.6) is 0 Å². The van der Waals surface area contributed by atoms with Crippen molar-refractivity contribution in [3.05, 3.63) is 94.0 Å². The lowest BCUT2D eigenvalue weighted by atomic mass is 9.92. The molecule has 2 heterocycles. The van der Waals surface area contributed by atoms with Crippen LogP contribution in [-0.4, -0.2) is 21.0 Å². The maximum atomic E-state index is 13.9. The van der Waals surface area contributed by atoms with Crippen molar-refractivity contribution in [2.24, 2.45) is 0 Å². The van der Waals surface area contributed by atoms with E-state index in [9.17, 15) is 23.1 Å². The molecule has 9 heteroatoms. The zero-order valence-corrected chi connectivity index (χ0v) is 17.5. The Labute approximate surface area is 185 Å². The Bertz CT molecular complexity index is 1230. The fourth-order valence-electron chi connectivity index (χ4n) is 3.27. The molecule has 2 aromatic carbocycles. The van der Waals surface area contributed by atoms with Crippen molar-refractivity contribution in [1.82, 2.24) is 9.97 Å². The van der Waals surface area contributed by atoms with Crippen LogP contribution in [0.15, 0.2) is 54.9 Å². The molecular formula is C22H16ClF3N2O2S. The van der Waals surface area contributed by atoms with E-state index in [1.54, 1.807) is 12.3 Å². The molecular weight excluding hydrogens is 449 g/mol. The van der Waals surface area contributed by atoms with E-state index < -0.39 is 29.3 Å². The zero-order valence-electron chi connectivity index (χ0n) is 15.9. The van der Waals surface area contributed by atoms with Crippen molar-refractivity contribution >= 4 is 39.9 Å². The Morgan fingerprint density at radius 3 is 2.48 bits per heavy atom. The van der Waals surface area contributed by atoms with Gasteiger partial charge in [-0.15, -0.1) is 23.7 Å². The van der Waals surface area contributed by atoms with Gasteiger partial charge in [-0.3, -0.25) is 9.78 Å². The maximum absolute atomic E-state index is 13.9. The minimum atomic E-state index is -1.29. The Hall–Kier alpha value is -2.97. The topological polar surface area (TPSA) is 63.1 Å². The quantitative estimate of drug-likeness (QED) is 0.381. The fourth-order valence-corrected chi connectivity index (χ4v) is 4.27. The second kappa shape index (κ2) is 9.45. The molecule has 4 aromatic rings. The van der Waals surface area contributed by atoms with E-state index in [0.717, 1.165) is 16.9 Å². The Balaban J connectivity index is 0.00000272. The van der Waals surface area contributed by atoms with Gasteiger partial charge in [-0.05, 0) is 23.1 Å². The van der Waals surface area contributed by atoms with Crippen molar-refractivity contribution < 1.29 is 23.1 Å². The van der Waals surface area contributed by atoms with E-state index >= 15 is 0 Å². The third-order valence-electron chi connectivity index (χ3n) is 4.71. The van der Waals surface area contributed by atoms with Gasteiger partial charge in [0.25, 0.3) is 0 Å². The van der Waals surface area contributed by atoms with Gasteiger partial charge in [0.2, 0.25) is 0 Å². The van der Waals surface area contributed by atoms with Crippen molar-refractivity contribution in [2.75, 3.05) is 0 Å². The highest BCUT2D eigenvalue weighted by molar-refractivity contribution is 7.18. The van der Waals surface area contributed by atoms with Crippen LogP contribution in [0.4, 0.5) is 13.2 Å². The number of halogens is 4. The largest absolute Gasteiger partial charge is 0.481 e. The molecule has 0 aliphatic rings. The van der Waals surface area contributed by atoms with Gasteiger partial charge in [-0.1, -0.05) is 36.4 Å². The lowest BCUT2D eigenvalue weighted by Crippen LogP contribution is -2.15. The van der Waals surface area contributed by atoms with Gasteiger partial charge in [0, 0.05) is 24.9 Å². The molecule has 0 radical (unpaired) electrons. The number of pyridine rings is 1. The molecule has 4 rings (SSSR count).